The lowest BCUT2D eigenvalue weighted by Gasteiger charge is -2.11. The average molecular weight is 585 g/mol. The van der Waals surface area contributed by atoms with Crippen LogP contribution in [0.4, 0.5) is 0 Å². The molecule has 0 radical (unpaired) electrons. The fraction of sp³-hybridized carbons (Fsp3) is 0.878. The van der Waals surface area contributed by atoms with Crippen molar-refractivity contribution in [2.24, 2.45) is 0 Å². The Labute approximate surface area is 266 Å². The lowest BCUT2D eigenvalue weighted by Crippen LogP contribution is -2.38. The largest absolute Gasteiger partial charge is 0.202 e. The van der Waals surface area contributed by atoms with Gasteiger partial charge in [-0.3, -0.25) is 0 Å². The van der Waals surface area contributed by atoms with E-state index in [2.05, 4.69) is 49.7 Å². The van der Waals surface area contributed by atoms with Gasteiger partial charge in [0.05, 0.1) is 0 Å². The molecule has 0 saturated heterocycles. The summed E-state index contributed by atoms with van der Waals surface area (Å²) in [7, 11) is 0. The third kappa shape index (κ3) is 24.6. The van der Waals surface area contributed by atoms with E-state index in [-0.39, 0.29) is 0 Å². The maximum absolute atomic E-state index is 2.57. The summed E-state index contributed by atoms with van der Waals surface area (Å²) >= 11 is 0. The second-order valence-corrected chi connectivity index (χ2v) is 13.9. The van der Waals surface area contributed by atoms with Gasteiger partial charge >= 0.3 is 0 Å². The van der Waals surface area contributed by atoms with Crippen LogP contribution in [0.5, 0.6) is 0 Å². The number of aromatic nitrogens is 1. The predicted molar refractivity (Wildman–Crippen MR) is 190 cm³/mol. The summed E-state index contributed by atoms with van der Waals surface area (Å²) < 4.78 is 2.57. The molecule has 0 aliphatic rings. The molecule has 246 valence electrons. The molecule has 1 nitrogen and oxygen atoms in total. The molecule has 1 heteroatoms. The van der Waals surface area contributed by atoms with Gasteiger partial charge < -0.3 is 0 Å². The molecule has 0 spiro atoms. The van der Waals surface area contributed by atoms with Crippen molar-refractivity contribution in [3.63, 3.8) is 0 Å². The molecule has 1 atom stereocenters. The normalized spacial score (nSPS) is 12.3. The molecular formula is C41H78N+. The van der Waals surface area contributed by atoms with Crippen molar-refractivity contribution in [1.29, 1.82) is 0 Å². The summed E-state index contributed by atoms with van der Waals surface area (Å²) in [4.78, 5) is 0. The molecule has 0 saturated carbocycles. The van der Waals surface area contributed by atoms with Crippen LogP contribution in [-0.4, -0.2) is 0 Å². The Hall–Kier alpha value is -0.850. The third-order valence-electron chi connectivity index (χ3n) is 9.72. The molecule has 1 aromatic heterocycles. The Morgan fingerprint density at radius 3 is 1.14 bits per heavy atom. The molecule has 0 aromatic carbocycles. The van der Waals surface area contributed by atoms with Crippen molar-refractivity contribution in [2.45, 2.75) is 232 Å². The summed E-state index contributed by atoms with van der Waals surface area (Å²) in [5, 5.41) is 0. The molecule has 1 unspecified atom stereocenters. The van der Waals surface area contributed by atoms with Gasteiger partial charge in [-0.25, -0.2) is 4.57 Å². The summed E-state index contributed by atoms with van der Waals surface area (Å²) in [5.41, 5.74) is 1.56. The second kappa shape index (κ2) is 31.6. The van der Waals surface area contributed by atoms with Crippen molar-refractivity contribution < 1.29 is 4.57 Å². The highest BCUT2D eigenvalue weighted by Crippen LogP contribution is 2.21. The Bertz CT molecular complexity index is 652. The first-order valence-electron chi connectivity index (χ1n) is 19.8. The van der Waals surface area contributed by atoms with Gasteiger partial charge in [0.1, 0.15) is 6.54 Å². The van der Waals surface area contributed by atoms with Crippen LogP contribution in [0.1, 0.15) is 231 Å². The second-order valence-electron chi connectivity index (χ2n) is 13.9. The number of hydrogen-bond donors (Lipinski definition) is 0. The molecule has 1 heterocycles. The SMILES string of the molecule is CCCCCCCCCCCCCCCCCC(C)c1cccc[n+]1CCCCCCCCCCCCCCCCC. The van der Waals surface area contributed by atoms with E-state index in [0.29, 0.717) is 5.92 Å². The Kier molecular flexibility index (Phi) is 29.4. The van der Waals surface area contributed by atoms with Crippen molar-refractivity contribution in [1.82, 2.24) is 0 Å². The number of nitrogens with zero attached hydrogens (tertiary/aromatic N) is 1. The zero-order valence-electron chi connectivity index (χ0n) is 29.5. The van der Waals surface area contributed by atoms with Crippen molar-refractivity contribution >= 4 is 0 Å². The van der Waals surface area contributed by atoms with E-state index in [1.54, 1.807) is 5.69 Å². The van der Waals surface area contributed by atoms with E-state index in [4.69, 9.17) is 0 Å². The van der Waals surface area contributed by atoms with E-state index >= 15 is 0 Å². The van der Waals surface area contributed by atoms with Gasteiger partial charge in [0, 0.05) is 24.5 Å². The number of aryl methyl sites for hydroxylation is 1. The van der Waals surface area contributed by atoms with Gasteiger partial charge in [0.15, 0.2) is 11.9 Å². The fourth-order valence-electron chi connectivity index (χ4n) is 6.76. The first-order chi connectivity index (χ1) is 20.8. The van der Waals surface area contributed by atoms with E-state index in [1.165, 1.54) is 206 Å². The number of hydrogen-bond acceptors (Lipinski definition) is 0. The van der Waals surface area contributed by atoms with E-state index in [0.717, 1.165) is 0 Å². The van der Waals surface area contributed by atoms with Crippen molar-refractivity contribution in [2.75, 3.05) is 0 Å². The van der Waals surface area contributed by atoms with Gasteiger partial charge in [0.2, 0.25) is 0 Å². The Morgan fingerprint density at radius 2 is 0.762 bits per heavy atom. The van der Waals surface area contributed by atoms with Crippen molar-refractivity contribution in [3.8, 4) is 0 Å². The van der Waals surface area contributed by atoms with Crippen LogP contribution in [0.15, 0.2) is 24.4 Å². The smallest absolute Gasteiger partial charge is 0.184 e. The Morgan fingerprint density at radius 1 is 0.429 bits per heavy atom. The minimum atomic E-state index is 0.685. The van der Waals surface area contributed by atoms with Gasteiger partial charge in [0.25, 0.3) is 0 Å². The van der Waals surface area contributed by atoms with Crippen LogP contribution in [0.3, 0.4) is 0 Å². The standard InChI is InChI=1S/C41H78N/c1-4-6-8-10-12-14-16-18-20-22-24-26-28-30-32-36-40(3)41-37-33-35-39-42(41)38-34-31-29-27-25-23-21-19-17-15-13-11-9-7-5-2/h33,35,37,39-40H,4-32,34,36,38H2,1-3H3/q+1. The molecule has 0 fully saturated rings. The molecule has 0 N–H and O–H groups in total. The third-order valence-corrected chi connectivity index (χ3v) is 9.72. The van der Waals surface area contributed by atoms with E-state index < -0.39 is 0 Å². The zero-order valence-corrected chi connectivity index (χ0v) is 29.5. The van der Waals surface area contributed by atoms with Crippen molar-refractivity contribution in [3.05, 3.63) is 30.1 Å². The molecule has 0 aliphatic carbocycles. The summed E-state index contributed by atoms with van der Waals surface area (Å²) in [5.74, 6) is 0.685. The monoisotopic (exact) mass is 585 g/mol. The maximum Gasteiger partial charge on any atom is 0.184 e. The number of rotatable bonds is 33. The summed E-state index contributed by atoms with van der Waals surface area (Å²) in [6, 6.07) is 6.87. The summed E-state index contributed by atoms with van der Waals surface area (Å²) in [6.07, 6.45) is 47.0. The molecule has 1 aromatic rings. The molecule has 0 aliphatic heterocycles. The highest BCUT2D eigenvalue weighted by Gasteiger charge is 2.16. The highest BCUT2D eigenvalue weighted by atomic mass is 15.0. The Balaban J connectivity index is 1.96. The predicted octanol–water partition coefficient (Wildman–Crippen LogP) is 14.2. The lowest BCUT2D eigenvalue weighted by molar-refractivity contribution is -0.705. The zero-order chi connectivity index (χ0) is 30.2. The maximum atomic E-state index is 2.57. The van der Waals surface area contributed by atoms with E-state index in [9.17, 15) is 0 Å². The first kappa shape index (κ1) is 39.2. The fourth-order valence-corrected chi connectivity index (χ4v) is 6.76. The summed E-state index contributed by atoms with van der Waals surface area (Å²) in [6.45, 7) is 8.28. The van der Waals surface area contributed by atoms with Crippen LogP contribution in [0.2, 0.25) is 0 Å². The van der Waals surface area contributed by atoms with Crippen LogP contribution in [-0.2, 0) is 6.54 Å². The minimum absolute atomic E-state index is 0.685. The molecule has 42 heavy (non-hydrogen) atoms. The van der Waals surface area contributed by atoms with Crippen LogP contribution in [0, 0.1) is 0 Å². The molecule has 0 amide bonds. The van der Waals surface area contributed by atoms with Gasteiger partial charge in [-0.1, -0.05) is 207 Å². The highest BCUT2D eigenvalue weighted by molar-refractivity contribution is 5.02. The quantitative estimate of drug-likeness (QED) is 0.0571. The van der Waals surface area contributed by atoms with Gasteiger partial charge in [-0.15, -0.1) is 0 Å². The lowest BCUT2D eigenvalue weighted by atomic mass is 9.97. The minimum Gasteiger partial charge on any atom is -0.202 e. The number of pyridine rings is 1. The topological polar surface area (TPSA) is 3.88 Å². The van der Waals surface area contributed by atoms with Gasteiger partial charge in [-0.05, 0) is 12.8 Å². The van der Waals surface area contributed by atoms with Crippen LogP contribution >= 0.6 is 0 Å². The van der Waals surface area contributed by atoms with Crippen LogP contribution in [0.25, 0.3) is 0 Å². The first-order valence-corrected chi connectivity index (χ1v) is 19.8. The molecule has 0 bridgehead atoms. The van der Waals surface area contributed by atoms with Gasteiger partial charge in [-0.2, -0.15) is 0 Å². The van der Waals surface area contributed by atoms with Crippen LogP contribution < -0.4 is 4.57 Å². The molecule has 1 rings (SSSR count). The molecular weight excluding hydrogens is 506 g/mol. The van der Waals surface area contributed by atoms with E-state index in [1.807, 2.05) is 0 Å². The number of unbranched alkanes of at least 4 members (excludes halogenated alkanes) is 28. The average Bonchev–Trinajstić information content (AvgIpc) is 3.01.